The zero-order chi connectivity index (χ0) is 17.3. The van der Waals surface area contributed by atoms with Crippen LogP contribution in [0.5, 0.6) is 0 Å². The van der Waals surface area contributed by atoms with E-state index in [0.717, 1.165) is 9.37 Å². The van der Waals surface area contributed by atoms with E-state index in [1.165, 1.54) is 6.08 Å². The molecule has 120 valence electrons. The van der Waals surface area contributed by atoms with Crippen LogP contribution in [-0.2, 0) is 9.59 Å². The summed E-state index contributed by atoms with van der Waals surface area (Å²) in [6.07, 6.45) is 1.42. The summed E-state index contributed by atoms with van der Waals surface area (Å²) in [6.45, 7) is 0. The second-order valence-electron chi connectivity index (χ2n) is 4.99. The maximum atomic E-state index is 12.6. The molecule has 1 N–H and O–H groups in total. The van der Waals surface area contributed by atoms with Gasteiger partial charge in [0.25, 0.3) is 11.8 Å². The van der Waals surface area contributed by atoms with E-state index in [1.54, 1.807) is 48.5 Å². The van der Waals surface area contributed by atoms with E-state index < -0.39 is 17.8 Å². The van der Waals surface area contributed by atoms with Gasteiger partial charge < -0.3 is 0 Å². The Bertz CT molecular complexity index is 860. The third kappa shape index (κ3) is 3.25. The minimum Gasteiger partial charge on any atom is -0.273 e. The fraction of sp³-hybridized carbons (Fsp3) is 0. The van der Waals surface area contributed by atoms with Crippen molar-refractivity contribution in [2.75, 3.05) is 4.90 Å². The van der Waals surface area contributed by atoms with E-state index in [0.29, 0.717) is 16.3 Å². The van der Waals surface area contributed by atoms with Gasteiger partial charge in [0.05, 0.1) is 5.69 Å². The average Bonchev–Trinajstić information content (AvgIpc) is 2.55. The van der Waals surface area contributed by atoms with Gasteiger partial charge in [-0.3, -0.25) is 14.9 Å². The number of imide groups is 2. The van der Waals surface area contributed by atoms with Crippen LogP contribution in [0.3, 0.4) is 0 Å². The van der Waals surface area contributed by atoms with Crippen LogP contribution in [0, 0.1) is 0 Å². The number of halogens is 2. The highest BCUT2D eigenvalue weighted by molar-refractivity contribution is 9.10. The van der Waals surface area contributed by atoms with Crippen LogP contribution < -0.4 is 10.2 Å². The Kier molecular flexibility index (Phi) is 4.51. The second kappa shape index (κ2) is 6.59. The Hall–Kier alpha value is -2.44. The molecule has 0 aliphatic carbocycles. The molecular formula is C17H10BrClN2O3. The molecule has 0 unspecified atom stereocenters. The van der Waals surface area contributed by atoms with Crippen molar-refractivity contribution in [3.8, 4) is 0 Å². The smallest absolute Gasteiger partial charge is 0.273 e. The number of urea groups is 1. The van der Waals surface area contributed by atoms with Gasteiger partial charge in [-0.25, -0.2) is 9.69 Å². The zero-order valence-electron chi connectivity index (χ0n) is 12.1. The molecular weight excluding hydrogens is 396 g/mol. The van der Waals surface area contributed by atoms with Crippen molar-refractivity contribution in [2.24, 2.45) is 0 Å². The Morgan fingerprint density at radius 3 is 2.21 bits per heavy atom. The first-order chi connectivity index (χ1) is 11.5. The Morgan fingerprint density at radius 2 is 1.58 bits per heavy atom. The quantitative estimate of drug-likeness (QED) is 0.611. The number of carbonyl (C=O) groups excluding carboxylic acids is 3. The lowest BCUT2D eigenvalue weighted by atomic mass is 10.1. The van der Waals surface area contributed by atoms with E-state index in [4.69, 9.17) is 11.6 Å². The molecule has 5 nitrogen and oxygen atoms in total. The van der Waals surface area contributed by atoms with Crippen LogP contribution in [0.15, 0.2) is 58.6 Å². The normalized spacial score (nSPS) is 16.5. The molecule has 0 spiro atoms. The van der Waals surface area contributed by atoms with E-state index in [-0.39, 0.29) is 5.57 Å². The van der Waals surface area contributed by atoms with Gasteiger partial charge in [-0.05, 0) is 48.0 Å². The van der Waals surface area contributed by atoms with Gasteiger partial charge in [0.2, 0.25) is 0 Å². The average molecular weight is 406 g/mol. The van der Waals surface area contributed by atoms with Crippen molar-refractivity contribution in [3.05, 3.63) is 69.2 Å². The summed E-state index contributed by atoms with van der Waals surface area (Å²) >= 11 is 9.11. The van der Waals surface area contributed by atoms with Crippen molar-refractivity contribution in [1.29, 1.82) is 0 Å². The molecule has 1 fully saturated rings. The van der Waals surface area contributed by atoms with Gasteiger partial charge in [-0.1, -0.05) is 39.7 Å². The fourth-order valence-corrected chi connectivity index (χ4v) is 2.60. The topological polar surface area (TPSA) is 66.5 Å². The fourth-order valence-electron chi connectivity index (χ4n) is 2.21. The van der Waals surface area contributed by atoms with Crippen LogP contribution in [0.25, 0.3) is 6.08 Å². The SMILES string of the molecule is O=C1NC(=O)N(c2ccc(Br)cc2)C(=O)/C1=C/c1ccc(Cl)cc1. The molecule has 0 radical (unpaired) electrons. The number of anilines is 1. The number of hydrogen-bond donors (Lipinski definition) is 1. The predicted octanol–water partition coefficient (Wildman–Crippen LogP) is 3.77. The first-order valence-electron chi connectivity index (χ1n) is 6.88. The molecule has 3 rings (SSSR count). The van der Waals surface area contributed by atoms with Gasteiger partial charge in [0, 0.05) is 9.50 Å². The summed E-state index contributed by atoms with van der Waals surface area (Å²) in [5.74, 6) is -1.41. The number of nitrogens with one attached hydrogen (secondary N) is 1. The first kappa shape index (κ1) is 16.4. The van der Waals surface area contributed by atoms with Crippen LogP contribution >= 0.6 is 27.5 Å². The van der Waals surface area contributed by atoms with Crippen molar-refractivity contribution >= 4 is 57.1 Å². The molecule has 0 aromatic heterocycles. The van der Waals surface area contributed by atoms with Crippen LogP contribution in [0.2, 0.25) is 5.02 Å². The lowest BCUT2D eigenvalue weighted by Gasteiger charge is -2.26. The van der Waals surface area contributed by atoms with E-state index >= 15 is 0 Å². The summed E-state index contributed by atoms with van der Waals surface area (Å²) in [7, 11) is 0. The molecule has 1 aliphatic rings. The number of rotatable bonds is 2. The molecule has 4 amide bonds. The number of benzene rings is 2. The van der Waals surface area contributed by atoms with Gasteiger partial charge in [0.1, 0.15) is 5.57 Å². The summed E-state index contributed by atoms with van der Waals surface area (Å²) in [4.78, 5) is 37.7. The lowest BCUT2D eigenvalue weighted by molar-refractivity contribution is -0.122. The highest BCUT2D eigenvalue weighted by Gasteiger charge is 2.36. The molecule has 0 bridgehead atoms. The van der Waals surface area contributed by atoms with Crippen molar-refractivity contribution in [1.82, 2.24) is 5.32 Å². The Balaban J connectivity index is 1.99. The molecule has 0 atom stereocenters. The maximum Gasteiger partial charge on any atom is 0.335 e. The molecule has 1 heterocycles. The second-order valence-corrected chi connectivity index (χ2v) is 6.34. The van der Waals surface area contributed by atoms with Crippen LogP contribution in [-0.4, -0.2) is 17.8 Å². The summed E-state index contributed by atoms with van der Waals surface area (Å²) in [5.41, 5.74) is 0.873. The molecule has 1 aliphatic heterocycles. The number of carbonyl (C=O) groups is 3. The van der Waals surface area contributed by atoms with Crippen LogP contribution in [0.1, 0.15) is 5.56 Å². The van der Waals surface area contributed by atoms with Crippen molar-refractivity contribution in [2.45, 2.75) is 0 Å². The summed E-state index contributed by atoms with van der Waals surface area (Å²) in [6, 6.07) is 12.5. The molecule has 2 aromatic rings. The molecule has 2 aromatic carbocycles. The van der Waals surface area contributed by atoms with E-state index in [1.807, 2.05) is 0 Å². The Labute approximate surface area is 151 Å². The predicted molar refractivity (Wildman–Crippen MR) is 94.6 cm³/mol. The standard InChI is InChI=1S/C17H10BrClN2O3/c18-11-3-7-13(8-4-11)21-16(23)14(15(22)20-17(21)24)9-10-1-5-12(19)6-2-10/h1-9H,(H,20,22,24)/b14-9+. The minimum atomic E-state index is -0.777. The van der Waals surface area contributed by atoms with E-state index in [2.05, 4.69) is 21.2 Å². The number of barbiturate groups is 1. The van der Waals surface area contributed by atoms with Gasteiger partial charge in [0.15, 0.2) is 0 Å². The molecule has 0 saturated carbocycles. The summed E-state index contributed by atoms with van der Waals surface area (Å²) in [5, 5.41) is 2.72. The summed E-state index contributed by atoms with van der Waals surface area (Å²) < 4.78 is 0.809. The van der Waals surface area contributed by atoms with Gasteiger partial charge in [-0.2, -0.15) is 0 Å². The van der Waals surface area contributed by atoms with E-state index in [9.17, 15) is 14.4 Å². The monoisotopic (exact) mass is 404 g/mol. The van der Waals surface area contributed by atoms with Gasteiger partial charge in [-0.15, -0.1) is 0 Å². The first-order valence-corrected chi connectivity index (χ1v) is 8.05. The highest BCUT2D eigenvalue weighted by atomic mass is 79.9. The third-order valence-corrected chi connectivity index (χ3v) is 4.15. The number of amides is 4. The van der Waals surface area contributed by atoms with Crippen LogP contribution in [0.4, 0.5) is 10.5 Å². The Morgan fingerprint density at radius 1 is 0.958 bits per heavy atom. The third-order valence-electron chi connectivity index (χ3n) is 3.37. The minimum absolute atomic E-state index is 0.125. The highest BCUT2D eigenvalue weighted by Crippen LogP contribution is 2.24. The lowest BCUT2D eigenvalue weighted by Crippen LogP contribution is -2.54. The maximum absolute atomic E-state index is 12.6. The number of hydrogen-bond acceptors (Lipinski definition) is 3. The van der Waals surface area contributed by atoms with Crippen molar-refractivity contribution in [3.63, 3.8) is 0 Å². The van der Waals surface area contributed by atoms with Gasteiger partial charge >= 0.3 is 6.03 Å². The zero-order valence-corrected chi connectivity index (χ0v) is 14.5. The molecule has 7 heteroatoms. The largest absolute Gasteiger partial charge is 0.335 e. The molecule has 24 heavy (non-hydrogen) atoms. The molecule has 1 saturated heterocycles. The van der Waals surface area contributed by atoms with Crippen molar-refractivity contribution < 1.29 is 14.4 Å². The number of nitrogens with zero attached hydrogens (tertiary/aromatic N) is 1.